The van der Waals surface area contributed by atoms with E-state index in [2.05, 4.69) is 10.3 Å². The zero-order valence-corrected chi connectivity index (χ0v) is 14.2. The van der Waals surface area contributed by atoms with E-state index >= 15 is 0 Å². The zero-order chi connectivity index (χ0) is 17.6. The highest BCUT2D eigenvalue weighted by Crippen LogP contribution is 2.40. The lowest BCUT2D eigenvalue weighted by molar-refractivity contribution is -0.151. The zero-order valence-electron chi connectivity index (χ0n) is 14.2. The van der Waals surface area contributed by atoms with E-state index in [1.165, 1.54) is 4.90 Å². The fourth-order valence-electron chi connectivity index (χ4n) is 3.31. The van der Waals surface area contributed by atoms with Crippen molar-refractivity contribution in [3.8, 4) is 0 Å². The summed E-state index contributed by atoms with van der Waals surface area (Å²) in [5.41, 5.74) is 0.413. The molecule has 1 amide bonds. The van der Waals surface area contributed by atoms with Gasteiger partial charge in [-0.3, -0.25) is 4.79 Å². The molecule has 2 fully saturated rings. The van der Waals surface area contributed by atoms with Crippen molar-refractivity contribution in [2.24, 2.45) is 5.41 Å². The minimum atomic E-state index is -1.09. The molecule has 3 atom stereocenters. The molecule has 0 radical (unpaired) electrons. The van der Waals surface area contributed by atoms with Crippen LogP contribution in [0.2, 0.25) is 0 Å². The topological polar surface area (TPSA) is 109 Å². The molecule has 2 aliphatic rings. The second kappa shape index (κ2) is 5.84. The number of aliphatic hydroxyl groups excluding tert-OH is 1. The number of hydrogen-bond donors (Lipinski definition) is 2. The lowest BCUT2D eigenvalue weighted by Crippen LogP contribution is -2.47. The van der Waals surface area contributed by atoms with Crippen LogP contribution in [-0.4, -0.2) is 60.7 Å². The molecular weight excluding hydrogens is 312 g/mol. The van der Waals surface area contributed by atoms with Gasteiger partial charge in [-0.1, -0.05) is 26.0 Å². The number of carbonyl (C=O) groups excluding carboxylic acids is 1. The van der Waals surface area contributed by atoms with Gasteiger partial charge in [-0.2, -0.15) is 0 Å². The SMILES string of the molecule is CC(C)(C)C(C(=O)N1C[C@H](O)C[C@H]1C(=O)O)n1cc(C2CC2)nn1. The molecular formula is C16H24N4O4. The average Bonchev–Trinajstić information content (AvgIpc) is 3.07. The third-order valence-electron chi connectivity index (χ3n) is 4.69. The quantitative estimate of drug-likeness (QED) is 0.841. The Hall–Kier alpha value is -1.96. The van der Waals surface area contributed by atoms with Crippen molar-refractivity contribution in [3.63, 3.8) is 0 Å². The van der Waals surface area contributed by atoms with Crippen LogP contribution < -0.4 is 0 Å². The lowest BCUT2D eigenvalue weighted by Gasteiger charge is -2.34. The van der Waals surface area contributed by atoms with Gasteiger partial charge in [0.1, 0.15) is 12.1 Å². The molecule has 1 aromatic rings. The number of aromatic nitrogens is 3. The maximum atomic E-state index is 13.1. The van der Waals surface area contributed by atoms with Crippen molar-refractivity contribution < 1.29 is 19.8 Å². The van der Waals surface area contributed by atoms with Crippen LogP contribution in [0.3, 0.4) is 0 Å². The van der Waals surface area contributed by atoms with Gasteiger partial charge < -0.3 is 15.1 Å². The molecule has 8 nitrogen and oxygen atoms in total. The van der Waals surface area contributed by atoms with Crippen LogP contribution in [0.4, 0.5) is 0 Å². The first kappa shape index (κ1) is 16.9. The van der Waals surface area contributed by atoms with E-state index < -0.39 is 29.6 Å². The van der Waals surface area contributed by atoms with E-state index in [0.29, 0.717) is 5.92 Å². The normalized spacial score (nSPS) is 25.8. The van der Waals surface area contributed by atoms with Crippen LogP contribution in [0.25, 0.3) is 0 Å². The van der Waals surface area contributed by atoms with Gasteiger partial charge in [0, 0.05) is 25.1 Å². The Labute approximate surface area is 140 Å². The van der Waals surface area contributed by atoms with E-state index in [1.54, 1.807) is 10.9 Å². The predicted octanol–water partition coefficient (Wildman–Crippen LogP) is 0.789. The number of amides is 1. The van der Waals surface area contributed by atoms with E-state index in [4.69, 9.17) is 0 Å². The molecule has 1 unspecified atom stereocenters. The molecule has 0 aromatic carbocycles. The summed E-state index contributed by atoms with van der Waals surface area (Å²) in [5.74, 6) is -1.00. The maximum Gasteiger partial charge on any atom is 0.326 e. The van der Waals surface area contributed by atoms with Crippen molar-refractivity contribution in [2.45, 2.75) is 64.1 Å². The summed E-state index contributed by atoms with van der Waals surface area (Å²) < 4.78 is 1.56. The van der Waals surface area contributed by atoms with E-state index in [9.17, 15) is 19.8 Å². The Bertz CT molecular complexity index is 647. The molecule has 1 aliphatic heterocycles. The molecule has 24 heavy (non-hydrogen) atoms. The van der Waals surface area contributed by atoms with Gasteiger partial charge in [0.15, 0.2) is 0 Å². The molecule has 8 heteroatoms. The monoisotopic (exact) mass is 336 g/mol. The minimum Gasteiger partial charge on any atom is -0.480 e. The highest BCUT2D eigenvalue weighted by Gasteiger charge is 2.45. The first-order valence-corrected chi connectivity index (χ1v) is 8.31. The number of carboxylic acid groups (broad SMARTS) is 1. The van der Waals surface area contributed by atoms with E-state index in [-0.39, 0.29) is 18.9 Å². The fraction of sp³-hybridized carbons (Fsp3) is 0.750. The second-order valence-corrected chi connectivity index (χ2v) is 7.90. The van der Waals surface area contributed by atoms with Crippen LogP contribution in [0.5, 0.6) is 0 Å². The minimum absolute atomic E-state index is 0.0343. The number of rotatable bonds is 4. The number of likely N-dealkylation sites (tertiary alicyclic amines) is 1. The van der Waals surface area contributed by atoms with Gasteiger partial charge in [-0.15, -0.1) is 5.10 Å². The smallest absolute Gasteiger partial charge is 0.326 e. The molecule has 132 valence electrons. The van der Waals surface area contributed by atoms with Crippen LogP contribution in [0, 0.1) is 5.41 Å². The summed E-state index contributed by atoms with van der Waals surface area (Å²) in [6.45, 7) is 5.77. The summed E-state index contributed by atoms with van der Waals surface area (Å²) in [6.07, 6.45) is 3.22. The Balaban J connectivity index is 1.90. The summed E-state index contributed by atoms with van der Waals surface area (Å²) >= 11 is 0. The first-order chi connectivity index (χ1) is 11.2. The number of carboxylic acids is 1. The van der Waals surface area contributed by atoms with Crippen LogP contribution in [0.15, 0.2) is 6.20 Å². The fourth-order valence-corrected chi connectivity index (χ4v) is 3.31. The van der Waals surface area contributed by atoms with Crippen LogP contribution in [-0.2, 0) is 9.59 Å². The number of hydrogen-bond acceptors (Lipinski definition) is 5. The molecule has 1 saturated carbocycles. The Morgan fingerprint density at radius 2 is 2.00 bits per heavy atom. The first-order valence-electron chi connectivity index (χ1n) is 8.31. The van der Waals surface area contributed by atoms with Crippen LogP contribution >= 0.6 is 0 Å². The largest absolute Gasteiger partial charge is 0.480 e. The van der Waals surface area contributed by atoms with Gasteiger partial charge >= 0.3 is 5.97 Å². The van der Waals surface area contributed by atoms with Crippen molar-refractivity contribution in [1.82, 2.24) is 19.9 Å². The van der Waals surface area contributed by atoms with Crippen molar-refractivity contribution >= 4 is 11.9 Å². The Kier molecular flexibility index (Phi) is 4.11. The number of aliphatic carboxylic acids is 1. The number of β-amino-alcohol motifs (C(OH)–C–C–N with tert-alkyl or cyclic N) is 1. The maximum absolute atomic E-state index is 13.1. The number of nitrogens with zero attached hydrogens (tertiary/aromatic N) is 4. The van der Waals surface area contributed by atoms with E-state index in [1.807, 2.05) is 20.8 Å². The third-order valence-corrected chi connectivity index (χ3v) is 4.69. The highest BCUT2D eigenvalue weighted by molar-refractivity contribution is 5.87. The van der Waals surface area contributed by atoms with Crippen molar-refractivity contribution in [1.29, 1.82) is 0 Å². The Morgan fingerprint density at radius 3 is 2.54 bits per heavy atom. The Morgan fingerprint density at radius 1 is 1.33 bits per heavy atom. The number of carbonyl (C=O) groups is 2. The van der Waals surface area contributed by atoms with Crippen molar-refractivity contribution in [3.05, 3.63) is 11.9 Å². The standard InChI is InChI=1S/C16H24N4O4/c1-16(2,3)13(20-8-11(17-18-20)9-4-5-9)14(22)19-7-10(21)6-12(19)15(23)24/h8-10,12-13,21H,4-7H2,1-3H3,(H,23,24)/t10-,12+,13?/m1/s1. The van der Waals surface area contributed by atoms with Crippen LogP contribution in [0.1, 0.15) is 57.7 Å². The third kappa shape index (κ3) is 3.15. The summed E-state index contributed by atoms with van der Waals surface area (Å²) in [6, 6.07) is -1.66. The molecule has 2 heterocycles. The molecule has 1 aromatic heterocycles. The molecule has 3 rings (SSSR count). The number of aliphatic hydroxyl groups is 1. The predicted molar refractivity (Wildman–Crippen MR) is 84.2 cm³/mol. The lowest BCUT2D eigenvalue weighted by atomic mass is 9.85. The summed E-state index contributed by atoms with van der Waals surface area (Å²) in [7, 11) is 0. The van der Waals surface area contributed by atoms with E-state index in [0.717, 1.165) is 18.5 Å². The molecule has 0 spiro atoms. The second-order valence-electron chi connectivity index (χ2n) is 7.90. The molecule has 1 saturated heterocycles. The van der Waals surface area contributed by atoms with Gasteiger partial charge in [0.2, 0.25) is 5.91 Å². The summed E-state index contributed by atoms with van der Waals surface area (Å²) in [5, 5.41) is 27.5. The summed E-state index contributed by atoms with van der Waals surface area (Å²) in [4.78, 5) is 25.8. The molecule has 0 bridgehead atoms. The van der Waals surface area contributed by atoms with Gasteiger partial charge in [-0.05, 0) is 18.3 Å². The van der Waals surface area contributed by atoms with Gasteiger partial charge in [-0.25, -0.2) is 9.48 Å². The molecule has 1 aliphatic carbocycles. The highest BCUT2D eigenvalue weighted by atomic mass is 16.4. The average molecular weight is 336 g/mol. The van der Waals surface area contributed by atoms with Gasteiger partial charge in [0.25, 0.3) is 0 Å². The van der Waals surface area contributed by atoms with Gasteiger partial charge in [0.05, 0.1) is 11.8 Å². The van der Waals surface area contributed by atoms with Crippen molar-refractivity contribution in [2.75, 3.05) is 6.54 Å². The molecule has 2 N–H and O–H groups in total.